The molecule has 104 valence electrons. The maximum Gasteiger partial charge on any atom is 0.309 e. The SMILES string of the molecule is CCCC1(C(=O)O)CCN(C(=O)C(C)(C)N)CC1. The average molecular weight is 256 g/mol. The molecule has 0 unspecified atom stereocenters. The number of carbonyl (C=O) groups is 2. The minimum Gasteiger partial charge on any atom is -0.481 e. The first kappa shape index (κ1) is 15.0. The maximum absolute atomic E-state index is 12.0. The highest BCUT2D eigenvalue weighted by Crippen LogP contribution is 2.36. The molecule has 1 rings (SSSR count). The number of nitrogens with zero attached hydrogens (tertiary/aromatic N) is 1. The molecule has 0 saturated carbocycles. The molecule has 0 aromatic heterocycles. The van der Waals surface area contributed by atoms with Crippen LogP contribution in [0.15, 0.2) is 0 Å². The zero-order chi connectivity index (χ0) is 14.0. The van der Waals surface area contributed by atoms with Crippen molar-refractivity contribution >= 4 is 11.9 Å². The first-order valence-corrected chi connectivity index (χ1v) is 6.54. The molecule has 0 atom stereocenters. The topological polar surface area (TPSA) is 83.6 Å². The highest BCUT2D eigenvalue weighted by Gasteiger charge is 2.42. The van der Waals surface area contributed by atoms with E-state index in [0.29, 0.717) is 32.4 Å². The van der Waals surface area contributed by atoms with Crippen LogP contribution in [0, 0.1) is 5.41 Å². The Bertz CT molecular complexity index is 326. The molecule has 1 aliphatic heterocycles. The molecule has 0 radical (unpaired) electrons. The second kappa shape index (κ2) is 5.26. The molecule has 0 spiro atoms. The molecule has 5 nitrogen and oxygen atoms in total. The molecule has 0 aromatic rings. The fourth-order valence-electron chi connectivity index (χ4n) is 2.59. The molecule has 0 aromatic carbocycles. The molecule has 3 N–H and O–H groups in total. The summed E-state index contributed by atoms with van der Waals surface area (Å²) >= 11 is 0. The lowest BCUT2D eigenvalue weighted by atomic mass is 9.75. The summed E-state index contributed by atoms with van der Waals surface area (Å²) in [4.78, 5) is 25.1. The van der Waals surface area contributed by atoms with Crippen molar-refractivity contribution < 1.29 is 14.7 Å². The Balaban J connectivity index is 2.70. The molecule has 1 heterocycles. The number of likely N-dealkylation sites (tertiary alicyclic amines) is 1. The van der Waals surface area contributed by atoms with E-state index in [-0.39, 0.29) is 5.91 Å². The normalized spacial score (nSPS) is 19.7. The van der Waals surface area contributed by atoms with E-state index >= 15 is 0 Å². The van der Waals surface area contributed by atoms with Crippen LogP contribution in [0.25, 0.3) is 0 Å². The molecule has 1 aliphatic rings. The van der Waals surface area contributed by atoms with Gasteiger partial charge >= 0.3 is 5.97 Å². The predicted octanol–water partition coefficient (Wildman–Crippen LogP) is 1.22. The van der Waals surface area contributed by atoms with E-state index < -0.39 is 16.9 Å². The van der Waals surface area contributed by atoms with Crippen LogP contribution in [0.3, 0.4) is 0 Å². The monoisotopic (exact) mass is 256 g/mol. The summed E-state index contributed by atoms with van der Waals surface area (Å²) in [7, 11) is 0. The average Bonchev–Trinajstić information content (AvgIpc) is 2.28. The number of carboxylic acids is 1. The number of piperidine rings is 1. The summed E-state index contributed by atoms with van der Waals surface area (Å²) in [6.07, 6.45) is 2.58. The summed E-state index contributed by atoms with van der Waals surface area (Å²) in [5.41, 5.74) is 4.26. The third-order valence-electron chi connectivity index (χ3n) is 3.74. The van der Waals surface area contributed by atoms with Crippen molar-refractivity contribution in [3.8, 4) is 0 Å². The zero-order valence-electron chi connectivity index (χ0n) is 11.5. The Morgan fingerprint density at radius 1 is 1.33 bits per heavy atom. The van der Waals surface area contributed by atoms with Gasteiger partial charge in [-0.3, -0.25) is 9.59 Å². The van der Waals surface area contributed by atoms with Crippen molar-refractivity contribution in [2.75, 3.05) is 13.1 Å². The molecule has 1 saturated heterocycles. The number of hydrogen-bond donors (Lipinski definition) is 2. The van der Waals surface area contributed by atoms with Gasteiger partial charge in [-0.25, -0.2) is 0 Å². The van der Waals surface area contributed by atoms with E-state index in [0.717, 1.165) is 6.42 Å². The van der Waals surface area contributed by atoms with E-state index in [1.807, 2.05) is 6.92 Å². The lowest BCUT2D eigenvalue weighted by Crippen LogP contribution is -2.55. The fourth-order valence-corrected chi connectivity index (χ4v) is 2.59. The third kappa shape index (κ3) is 3.02. The first-order chi connectivity index (χ1) is 8.23. The Morgan fingerprint density at radius 3 is 2.17 bits per heavy atom. The van der Waals surface area contributed by atoms with E-state index in [1.54, 1.807) is 18.7 Å². The van der Waals surface area contributed by atoms with Gasteiger partial charge in [0.15, 0.2) is 0 Å². The van der Waals surface area contributed by atoms with Crippen molar-refractivity contribution in [1.29, 1.82) is 0 Å². The smallest absolute Gasteiger partial charge is 0.309 e. The Hall–Kier alpha value is -1.10. The van der Waals surface area contributed by atoms with Crippen LogP contribution in [0.1, 0.15) is 46.5 Å². The lowest BCUT2D eigenvalue weighted by molar-refractivity contribution is -0.155. The fraction of sp³-hybridized carbons (Fsp3) is 0.846. The number of nitrogens with two attached hydrogens (primary N) is 1. The molecule has 5 heteroatoms. The Labute approximate surface area is 108 Å². The van der Waals surface area contributed by atoms with Crippen molar-refractivity contribution in [1.82, 2.24) is 4.90 Å². The second-order valence-electron chi connectivity index (χ2n) is 5.85. The first-order valence-electron chi connectivity index (χ1n) is 6.54. The Morgan fingerprint density at radius 2 is 1.83 bits per heavy atom. The van der Waals surface area contributed by atoms with Crippen LogP contribution in [0.2, 0.25) is 0 Å². The molecule has 1 fully saturated rings. The van der Waals surface area contributed by atoms with Crippen LogP contribution in [0.5, 0.6) is 0 Å². The van der Waals surface area contributed by atoms with E-state index in [4.69, 9.17) is 5.73 Å². The van der Waals surface area contributed by atoms with Gasteiger partial charge in [-0.2, -0.15) is 0 Å². The molecular weight excluding hydrogens is 232 g/mol. The van der Waals surface area contributed by atoms with Crippen LogP contribution >= 0.6 is 0 Å². The Kier molecular flexibility index (Phi) is 4.37. The highest BCUT2D eigenvalue weighted by molar-refractivity contribution is 5.85. The van der Waals surface area contributed by atoms with Gasteiger partial charge in [0.05, 0.1) is 11.0 Å². The van der Waals surface area contributed by atoms with Crippen LogP contribution in [-0.4, -0.2) is 40.5 Å². The van der Waals surface area contributed by atoms with Gasteiger partial charge in [0.2, 0.25) is 5.91 Å². The number of carboxylic acid groups (broad SMARTS) is 1. The zero-order valence-corrected chi connectivity index (χ0v) is 11.5. The maximum atomic E-state index is 12.0. The largest absolute Gasteiger partial charge is 0.481 e. The minimum atomic E-state index is -0.881. The van der Waals surface area contributed by atoms with E-state index in [1.165, 1.54) is 0 Å². The number of rotatable bonds is 4. The van der Waals surface area contributed by atoms with Gasteiger partial charge in [-0.05, 0) is 33.1 Å². The van der Waals surface area contributed by atoms with Crippen molar-refractivity contribution in [2.45, 2.75) is 52.0 Å². The van der Waals surface area contributed by atoms with Crippen molar-refractivity contribution in [3.05, 3.63) is 0 Å². The second-order valence-corrected chi connectivity index (χ2v) is 5.85. The van der Waals surface area contributed by atoms with Crippen LogP contribution in [-0.2, 0) is 9.59 Å². The van der Waals surface area contributed by atoms with Crippen LogP contribution in [0.4, 0.5) is 0 Å². The predicted molar refractivity (Wildman–Crippen MR) is 69.1 cm³/mol. The van der Waals surface area contributed by atoms with Crippen molar-refractivity contribution in [3.63, 3.8) is 0 Å². The van der Waals surface area contributed by atoms with Gasteiger partial charge in [0.25, 0.3) is 0 Å². The molecule has 0 bridgehead atoms. The van der Waals surface area contributed by atoms with Gasteiger partial charge in [-0.1, -0.05) is 13.3 Å². The van der Waals surface area contributed by atoms with Gasteiger partial charge in [0.1, 0.15) is 0 Å². The molecule has 18 heavy (non-hydrogen) atoms. The molecule has 1 amide bonds. The standard InChI is InChI=1S/C13H24N2O3/c1-4-5-13(11(17)18)6-8-15(9-7-13)10(16)12(2,3)14/h4-9,14H2,1-3H3,(H,17,18). The minimum absolute atomic E-state index is 0.0991. The summed E-state index contributed by atoms with van der Waals surface area (Å²) in [5.74, 6) is -0.832. The highest BCUT2D eigenvalue weighted by atomic mass is 16.4. The number of hydrogen-bond acceptors (Lipinski definition) is 3. The summed E-state index contributed by atoms with van der Waals surface area (Å²) in [6.45, 7) is 6.34. The van der Waals surface area contributed by atoms with Crippen LogP contribution < -0.4 is 5.73 Å². The molecule has 0 aliphatic carbocycles. The summed E-state index contributed by atoms with van der Waals surface area (Å²) in [6, 6.07) is 0. The van der Waals surface area contributed by atoms with Gasteiger partial charge < -0.3 is 15.7 Å². The van der Waals surface area contributed by atoms with E-state index in [2.05, 4.69) is 0 Å². The van der Waals surface area contributed by atoms with Gasteiger partial charge in [-0.15, -0.1) is 0 Å². The quantitative estimate of drug-likeness (QED) is 0.792. The van der Waals surface area contributed by atoms with E-state index in [9.17, 15) is 14.7 Å². The third-order valence-corrected chi connectivity index (χ3v) is 3.74. The summed E-state index contributed by atoms with van der Waals surface area (Å²) in [5, 5.41) is 9.38. The van der Waals surface area contributed by atoms with Crippen molar-refractivity contribution in [2.24, 2.45) is 11.1 Å². The number of carbonyl (C=O) groups excluding carboxylic acids is 1. The number of amides is 1. The lowest BCUT2D eigenvalue weighted by Gasteiger charge is -2.40. The number of aliphatic carboxylic acids is 1. The molecular formula is C13H24N2O3. The summed E-state index contributed by atoms with van der Waals surface area (Å²) < 4.78 is 0. The van der Waals surface area contributed by atoms with Gasteiger partial charge in [0, 0.05) is 13.1 Å².